The summed E-state index contributed by atoms with van der Waals surface area (Å²) in [6.07, 6.45) is 3.23. The molecule has 0 bridgehead atoms. The molecule has 29 heavy (non-hydrogen) atoms. The Labute approximate surface area is 175 Å². The number of aliphatic imine (C=N–C) groups is 1. The number of benzene rings is 1. The Morgan fingerprint density at radius 2 is 1.90 bits per heavy atom. The van der Waals surface area contributed by atoms with Gasteiger partial charge in [0.25, 0.3) is 0 Å². The summed E-state index contributed by atoms with van der Waals surface area (Å²) in [5.41, 5.74) is 5.07. The van der Waals surface area contributed by atoms with Crippen molar-refractivity contribution < 1.29 is 0 Å². The number of hydrogen-bond acceptors (Lipinski definition) is 3. The van der Waals surface area contributed by atoms with E-state index in [9.17, 15) is 0 Å². The fourth-order valence-corrected chi connectivity index (χ4v) is 4.05. The first-order valence-electron chi connectivity index (χ1n) is 10.9. The Balaban J connectivity index is 1.48. The van der Waals surface area contributed by atoms with Crippen LogP contribution in [0.5, 0.6) is 0 Å². The van der Waals surface area contributed by atoms with E-state index in [0.29, 0.717) is 6.04 Å². The van der Waals surface area contributed by atoms with Gasteiger partial charge in [-0.05, 0) is 51.2 Å². The first-order chi connectivity index (χ1) is 14.1. The van der Waals surface area contributed by atoms with Crippen LogP contribution >= 0.6 is 0 Å². The zero-order valence-corrected chi connectivity index (χ0v) is 18.4. The Morgan fingerprint density at radius 3 is 2.52 bits per heavy atom. The highest BCUT2D eigenvalue weighted by molar-refractivity contribution is 5.80. The largest absolute Gasteiger partial charge is 0.357 e. The van der Waals surface area contributed by atoms with Gasteiger partial charge in [0.15, 0.2) is 5.96 Å². The number of rotatable bonds is 7. The zero-order chi connectivity index (χ0) is 20.6. The molecule has 2 N–H and O–H groups in total. The Hall–Kier alpha value is -2.34. The molecule has 2 aromatic rings. The molecule has 158 valence electrons. The average Bonchev–Trinajstić information content (AvgIpc) is 2.96. The van der Waals surface area contributed by atoms with Gasteiger partial charge in [0.2, 0.25) is 0 Å². The van der Waals surface area contributed by atoms with Crippen molar-refractivity contribution in [2.24, 2.45) is 12.0 Å². The van der Waals surface area contributed by atoms with Crippen LogP contribution in [0.3, 0.4) is 0 Å². The predicted molar refractivity (Wildman–Crippen MR) is 120 cm³/mol. The van der Waals surface area contributed by atoms with Gasteiger partial charge in [-0.1, -0.05) is 30.3 Å². The van der Waals surface area contributed by atoms with Gasteiger partial charge in [-0.15, -0.1) is 0 Å². The smallest absolute Gasteiger partial charge is 0.191 e. The molecule has 0 atom stereocenters. The van der Waals surface area contributed by atoms with Crippen LogP contribution in [0.1, 0.15) is 42.3 Å². The van der Waals surface area contributed by atoms with Crippen LogP contribution in [0.2, 0.25) is 0 Å². The molecule has 0 spiro atoms. The van der Waals surface area contributed by atoms with Crippen LogP contribution in [0.4, 0.5) is 0 Å². The van der Waals surface area contributed by atoms with Crippen molar-refractivity contribution in [3.63, 3.8) is 0 Å². The van der Waals surface area contributed by atoms with E-state index in [-0.39, 0.29) is 0 Å². The van der Waals surface area contributed by atoms with Crippen LogP contribution in [-0.2, 0) is 20.0 Å². The average molecular weight is 397 g/mol. The van der Waals surface area contributed by atoms with Crippen molar-refractivity contribution in [1.82, 2.24) is 25.3 Å². The van der Waals surface area contributed by atoms with Crippen LogP contribution in [0.15, 0.2) is 35.3 Å². The van der Waals surface area contributed by atoms with E-state index in [1.807, 2.05) is 11.7 Å². The van der Waals surface area contributed by atoms with Crippen molar-refractivity contribution in [3.8, 4) is 0 Å². The Kier molecular flexibility index (Phi) is 7.69. The lowest BCUT2D eigenvalue weighted by Crippen LogP contribution is -2.48. The van der Waals surface area contributed by atoms with Gasteiger partial charge in [0.05, 0.1) is 5.69 Å². The molecule has 0 unspecified atom stereocenters. The van der Waals surface area contributed by atoms with Gasteiger partial charge in [-0.3, -0.25) is 14.6 Å². The molecular formula is C23H36N6. The molecule has 2 heterocycles. The van der Waals surface area contributed by atoms with Crippen molar-refractivity contribution in [1.29, 1.82) is 0 Å². The van der Waals surface area contributed by atoms with Gasteiger partial charge < -0.3 is 10.6 Å². The molecule has 6 heteroatoms. The van der Waals surface area contributed by atoms with E-state index in [1.165, 1.54) is 16.8 Å². The van der Waals surface area contributed by atoms with Gasteiger partial charge in [0.1, 0.15) is 0 Å². The summed E-state index contributed by atoms with van der Waals surface area (Å²) < 4.78 is 1.96. The summed E-state index contributed by atoms with van der Waals surface area (Å²) in [4.78, 5) is 7.37. The third-order valence-electron chi connectivity index (χ3n) is 5.81. The Bertz CT molecular complexity index is 787. The summed E-state index contributed by atoms with van der Waals surface area (Å²) in [6.45, 7) is 11.3. The third-order valence-corrected chi connectivity index (χ3v) is 5.81. The minimum atomic E-state index is 0.488. The second-order valence-electron chi connectivity index (χ2n) is 7.96. The second kappa shape index (κ2) is 10.4. The standard InChI is InChI=1S/C23H36N6/c1-5-24-23(25-14-11-22-18(2)27-28(4)19(22)3)26-21-12-15-29(16-13-21)17-20-9-7-6-8-10-20/h6-10,21H,5,11-17H2,1-4H3,(H2,24,25,26). The number of nitrogens with one attached hydrogen (secondary N) is 2. The summed E-state index contributed by atoms with van der Waals surface area (Å²) in [5.74, 6) is 0.938. The number of piperidine rings is 1. The molecule has 0 amide bonds. The van der Waals surface area contributed by atoms with Gasteiger partial charge in [-0.2, -0.15) is 5.10 Å². The first kappa shape index (κ1) is 21.4. The van der Waals surface area contributed by atoms with E-state index in [0.717, 1.165) is 63.6 Å². The summed E-state index contributed by atoms with van der Waals surface area (Å²) in [6, 6.07) is 11.2. The number of aromatic nitrogens is 2. The molecule has 1 aliphatic heterocycles. The minimum absolute atomic E-state index is 0.488. The van der Waals surface area contributed by atoms with Gasteiger partial charge in [-0.25, -0.2) is 0 Å². The van der Waals surface area contributed by atoms with Crippen molar-refractivity contribution in [3.05, 3.63) is 52.8 Å². The Morgan fingerprint density at radius 1 is 1.17 bits per heavy atom. The summed E-state index contributed by atoms with van der Waals surface area (Å²) >= 11 is 0. The topological polar surface area (TPSA) is 57.5 Å². The quantitative estimate of drug-likeness (QED) is 0.558. The molecule has 0 radical (unpaired) electrons. The SMILES string of the molecule is CCNC(=NCCc1c(C)nn(C)c1C)NC1CCN(Cc2ccccc2)CC1. The first-order valence-corrected chi connectivity index (χ1v) is 10.9. The van der Waals surface area contributed by atoms with E-state index in [1.54, 1.807) is 0 Å². The molecule has 1 fully saturated rings. The molecule has 6 nitrogen and oxygen atoms in total. The normalized spacial score (nSPS) is 16.2. The maximum Gasteiger partial charge on any atom is 0.191 e. The lowest BCUT2D eigenvalue weighted by molar-refractivity contribution is 0.198. The van der Waals surface area contributed by atoms with E-state index >= 15 is 0 Å². The minimum Gasteiger partial charge on any atom is -0.357 e. The van der Waals surface area contributed by atoms with Gasteiger partial charge >= 0.3 is 0 Å². The molecule has 0 saturated carbocycles. The third kappa shape index (κ3) is 6.07. The summed E-state index contributed by atoms with van der Waals surface area (Å²) in [5, 5.41) is 11.6. The fourth-order valence-electron chi connectivity index (χ4n) is 4.05. The van der Waals surface area contributed by atoms with Crippen molar-refractivity contribution >= 4 is 5.96 Å². The van der Waals surface area contributed by atoms with Crippen LogP contribution in [-0.4, -0.2) is 52.9 Å². The number of guanidine groups is 1. The lowest BCUT2D eigenvalue weighted by atomic mass is 10.0. The molecular weight excluding hydrogens is 360 g/mol. The van der Waals surface area contributed by atoms with E-state index in [2.05, 4.69) is 71.7 Å². The number of hydrogen-bond donors (Lipinski definition) is 2. The second-order valence-corrected chi connectivity index (χ2v) is 7.96. The molecule has 1 aromatic heterocycles. The van der Waals surface area contributed by atoms with Crippen molar-refractivity contribution in [2.75, 3.05) is 26.2 Å². The predicted octanol–water partition coefficient (Wildman–Crippen LogP) is 2.80. The maximum atomic E-state index is 4.82. The number of likely N-dealkylation sites (tertiary alicyclic amines) is 1. The monoisotopic (exact) mass is 396 g/mol. The highest BCUT2D eigenvalue weighted by atomic mass is 15.3. The van der Waals surface area contributed by atoms with E-state index < -0.39 is 0 Å². The van der Waals surface area contributed by atoms with Gasteiger partial charge in [0, 0.05) is 51.5 Å². The van der Waals surface area contributed by atoms with Crippen molar-refractivity contribution in [2.45, 2.75) is 52.6 Å². The molecule has 1 aliphatic rings. The molecule has 0 aliphatic carbocycles. The fraction of sp³-hybridized carbons (Fsp3) is 0.565. The zero-order valence-electron chi connectivity index (χ0n) is 18.4. The number of aryl methyl sites for hydroxylation is 2. The summed E-state index contributed by atoms with van der Waals surface area (Å²) in [7, 11) is 2.00. The number of nitrogens with zero attached hydrogens (tertiary/aromatic N) is 4. The molecule has 1 saturated heterocycles. The lowest BCUT2D eigenvalue weighted by Gasteiger charge is -2.33. The maximum absolute atomic E-state index is 4.82. The highest BCUT2D eigenvalue weighted by Crippen LogP contribution is 2.14. The van der Waals surface area contributed by atoms with E-state index in [4.69, 9.17) is 4.99 Å². The van der Waals surface area contributed by atoms with Crippen LogP contribution < -0.4 is 10.6 Å². The van der Waals surface area contributed by atoms with Crippen LogP contribution in [0.25, 0.3) is 0 Å². The molecule has 1 aromatic carbocycles. The molecule has 3 rings (SSSR count). The highest BCUT2D eigenvalue weighted by Gasteiger charge is 2.20. The van der Waals surface area contributed by atoms with Crippen LogP contribution in [0, 0.1) is 13.8 Å².